The zero-order chi connectivity index (χ0) is 29.8. The molecule has 1 saturated heterocycles. The fourth-order valence-electron chi connectivity index (χ4n) is 5.73. The highest BCUT2D eigenvalue weighted by Crippen LogP contribution is 2.34. The maximum Gasteiger partial charge on any atom is 0.251 e. The van der Waals surface area contributed by atoms with E-state index in [0.717, 1.165) is 74.7 Å². The molecular weight excluding hydrogens is 570 g/mol. The average Bonchev–Trinajstić information content (AvgIpc) is 3.51. The number of amides is 1. The number of benzene rings is 1. The summed E-state index contributed by atoms with van der Waals surface area (Å²) in [5, 5.41) is 17.9. The lowest BCUT2D eigenvalue weighted by Crippen LogP contribution is -2.45. The van der Waals surface area contributed by atoms with Crippen LogP contribution in [0.15, 0.2) is 41.3 Å². The van der Waals surface area contributed by atoms with Gasteiger partial charge in [-0.05, 0) is 62.1 Å². The smallest absolute Gasteiger partial charge is 0.251 e. The van der Waals surface area contributed by atoms with Crippen molar-refractivity contribution in [2.24, 2.45) is 0 Å². The molecule has 3 aliphatic rings. The fourth-order valence-corrected chi connectivity index (χ4v) is 6.07. The highest BCUT2D eigenvalue weighted by Gasteiger charge is 2.24. The molecule has 1 aliphatic carbocycles. The molecular formula is C31H40ClN7O4. The maximum atomic E-state index is 13.3. The van der Waals surface area contributed by atoms with Crippen molar-refractivity contribution in [1.82, 2.24) is 25.1 Å². The molecule has 1 saturated carbocycles. The molecule has 2 aromatic heterocycles. The van der Waals surface area contributed by atoms with Gasteiger partial charge in [0.2, 0.25) is 0 Å². The number of aromatic nitrogens is 2. The predicted molar refractivity (Wildman–Crippen MR) is 165 cm³/mol. The molecule has 0 radical (unpaired) electrons. The number of fused-ring (bicyclic) bond motifs is 1. The summed E-state index contributed by atoms with van der Waals surface area (Å²) in [6.45, 7) is 5.94. The number of carbonyl (C=O) groups is 1. The zero-order valence-corrected chi connectivity index (χ0v) is 25.4. The van der Waals surface area contributed by atoms with Crippen LogP contribution in [0.2, 0.25) is 5.02 Å². The summed E-state index contributed by atoms with van der Waals surface area (Å²) in [6, 6.07) is 8.00. The Morgan fingerprint density at radius 3 is 2.79 bits per heavy atom. The summed E-state index contributed by atoms with van der Waals surface area (Å²) in [5.41, 5.74) is 2.73. The number of anilines is 2. The van der Waals surface area contributed by atoms with E-state index in [-0.39, 0.29) is 19.1 Å². The topological polar surface area (TPSA) is 119 Å². The number of aliphatic hydroxyl groups is 1. The standard InChI is InChI=1S/C31H40ClN7O4/c1-37-9-11-39(12-10-37)29-14-22(13-28(36-29)35-23-3-2-4-23)31(41)34-15-24(40)18-38-8-7-26-21(17-38)5-6-27(30(26)32)42-19-25-16-33-20-43-25/h5-6,13-14,16,20,23-24,40H,2-4,7-12,15,17-19H2,1H3,(H,34,41)(H,35,36)/t24-/m0/s1. The molecule has 2 fully saturated rings. The van der Waals surface area contributed by atoms with Gasteiger partial charge in [-0.1, -0.05) is 17.7 Å². The Bertz CT molecular complexity index is 1390. The van der Waals surface area contributed by atoms with E-state index < -0.39 is 6.10 Å². The van der Waals surface area contributed by atoms with Gasteiger partial charge in [-0.15, -0.1) is 0 Å². The monoisotopic (exact) mass is 609 g/mol. The number of carbonyl (C=O) groups excluding carboxylic acids is 1. The van der Waals surface area contributed by atoms with Crippen LogP contribution in [0.4, 0.5) is 11.6 Å². The van der Waals surface area contributed by atoms with Gasteiger partial charge < -0.3 is 34.7 Å². The number of nitrogens with one attached hydrogen (secondary N) is 2. The Kier molecular flexibility index (Phi) is 9.32. The summed E-state index contributed by atoms with van der Waals surface area (Å²) < 4.78 is 11.1. The van der Waals surface area contributed by atoms with Crippen LogP contribution in [0.3, 0.4) is 0 Å². The third kappa shape index (κ3) is 7.41. The summed E-state index contributed by atoms with van der Waals surface area (Å²) >= 11 is 6.68. The van der Waals surface area contributed by atoms with Crippen molar-refractivity contribution in [2.45, 2.75) is 51.0 Å². The minimum atomic E-state index is -0.711. The Balaban J connectivity index is 1.03. The van der Waals surface area contributed by atoms with Gasteiger partial charge in [0.1, 0.15) is 24.0 Å². The molecule has 0 bridgehead atoms. The number of oxazole rings is 1. The van der Waals surface area contributed by atoms with E-state index in [9.17, 15) is 9.90 Å². The number of nitrogens with zero attached hydrogens (tertiary/aromatic N) is 5. The molecule has 0 unspecified atom stereocenters. The van der Waals surface area contributed by atoms with Crippen LogP contribution in [0.25, 0.3) is 0 Å². The van der Waals surface area contributed by atoms with E-state index in [1.165, 1.54) is 12.8 Å². The van der Waals surface area contributed by atoms with E-state index in [1.54, 1.807) is 6.20 Å². The molecule has 1 atom stereocenters. The average molecular weight is 610 g/mol. The number of rotatable bonds is 11. The summed E-state index contributed by atoms with van der Waals surface area (Å²) in [5.74, 6) is 2.60. The Morgan fingerprint density at radius 2 is 2.05 bits per heavy atom. The van der Waals surface area contributed by atoms with Crippen molar-refractivity contribution in [2.75, 3.05) is 63.1 Å². The van der Waals surface area contributed by atoms with E-state index in [2.05, 4.69) is 37.4 Å². The minimum Gasteiger partial charge on any atom is -0.484 e. The zero-order valence-electron chi connectivity index (χ0n) is 24.6. The highest BCUT2D eigenvalue weighted by molar-refractivity contribution is 6.33. The second-order valence-corrected chi connectivity index (χ2v) is 12.2. The van der Waals surface area contributed by atoms with Gasteiger partial charge in [0.05, 0.1) is 17.3 Å². The van der Waals surface area contributed by atoms with Crippen LogP contribution >= 0.6 is 11.6 Å². The molecule has 4 heterocycles. The van der Waals surface area contributed by atoms with Gasteiger partial charge in [-0.25, -0.2) is 9.97 Å². The van der Waals surface area contributed by atoms with E-state index in [0.29, 0.717) is 41.2 Å². The lowest BCUT2D eigenvalue weighted by Gasteiger charge is -2.34. The van der Waals surface area contributed by atoms with Gasteiger partial charge >= 0.3 is 0 Å². The van der Waals surface area contributed by atoms with Gasteiger partial charge in [-0.2, -0.15) is 0 Å². The van der Waals surface area contributed by atoms with Gasteiger partial charge in [0.25, 0.3) is 5.91 Å². The molecule has 12 heteroatoms. The molecule has 230 valence electrons. The number of piperazine rings is 1. The lowest BCUT2D eigenvalue weighted by atomic mass is 9.93. The number of aliphatic hydroxyl groups excluding tert-OH is 1. The number of hydrogen-bond acceptors (Lipinski definition) is 10. The van der Waals surface area contributed by atoms with Crippen LogP contribution in [0.5, 0.6) is 5.75 Å². The molecule has 1 aromatic carbocycles. The molecule has 0 spiro atoms. The minimum absolute atomic E-state index is 0.162. The van der Waals surface area contributed by atoms with E-state index in [1.807, 2.05) is 24.3 Å². The number of ether oxygens (including phenoxy) is 1. The fraction of sp³-hybridized carbons (Fsp3) is 0.516. The molecule has 2 aliphatic heterocycles. The molecule has 3 N–H and O–H groups in total. The number of likely N-dealkylation sites (N-methyl/N-ethyl adjacent to an activating group) is 1. The number of β-amino-alcohol motifs (C(OH)–C–C–N with tert-alkyl or cyclic N) is 1. The molecule has 1 amide bonds. The first-order valence-electron chi connectivity index (χ1n) is 15.1. The first kappa shape index (κ1) is 29.7. The Morgan fingerprint density at radius 1 is 1.21 bits per heavy atom. The van der Waals surface area contributed by atoms with Gasteiger partial charge in [-0.3, -0.25) is 9.69 Å². The van der Waals surface area contributed by atoms with Crippen molar-refractivity contribution in [3.63, 3.8) is 0 Å². The third-order valence-corrected chi connectivity index (χ3v) is 8.97. The molecule has 6 rings (SSSR count). The summed E-state index contributed by atoms with van der Waals surface area (Å²) in [7, 11) is 2.12. The Hall–Kier alpha value is -3.38. The van der Waals surface area contributed by atoms with Crippen molar-refractivity contribution in [3.8, 4) is 5.75 Å². The van der Waals surface area contributed by atoms with Crippen molar-refractivity contribution in [3.05, 3.63) is 64.3 Å². The van der Waals surface area contributed by atoms with Crippen LogP contribution in [0, 0.1) is 0 Å². The number of pyridine rings is 1. The van der Waals surface area contributed by atoms with Crippen molar-refractivity contribution in [1.29, 1.82) is 0 Å². The Labute approximate surface area is 257 Å². The molecule has 11 nitrogen and oxygen atoms in total. The SMILES string of the molecule is CN1CCN(c2cc(C(=O)NC[C@H](O)CN3CCc4c(ccc(OCc5cnco5)c4Cl)C3)cc(NC3CCC3)n2)CC1. The lowest BCUT2D eigenvalue weighted by molar-refractivity contribution is 0.0841. The molecule has 43 heavy (non-hydrogen) atoms. The summed E-state index contributed by atoms with van der Waals surface area (Å²) in [6.07, 6.45) is 6.49. The van der Waals surface area contributed by atoms with Gasteiger partial charge in [0.15, 0.2) is 12.2 Å². The number of hydrogen-bond donors (Lipinski definition) is 3. The largest absolute Gasteiger partial charge is 0.484 e. The third-order valence-electron chi connectivity index (χ3n) is 8.56. The second kappa shape index (κ2) is 13.5. The van der Waals surface area contributed by atoms with Crippen molar-refractivity contribution >= 4 is 29.1 Å². The quantitative estimate of drug-likeness (QED) is 0.299. The van der Waals surface area contributed by atoms with E-state index >= 15 is 0 Å². The first-order chi connectivity index (χ1) is 20.9. The van der Waals surface area contributed by atoms with Crippen LogP contribution < -0.4 is 20.3 Å². The van der Waals surface area contributed by atoms with Gasteiger partial charge in [0, 0.05) is 64.0 Å². The van der Waals surface area contributed by atoms with E-state index in [4.69, 9.17) is 25.7 Å². The van der Waals surface area contributed by atoms with Crippen LogP contribution in [-0.4, -0.2) is 95.8 Å². The van der Waals surface area contributed by atoms with Crippen LogP contribution in [0.1, 0.15) is 46.5 Å². The summed E-state index contributed by atoms with van der Waals surface area (Å²) in [4.78, 5) is 28.7. The predicted octanol–water partition coefficient (Wildman–Crippen LogP) is 3.17. The maximum absolute atomic E-state index is 13.3. The normalized spacial score (nSPS) is 18.5. The highest BCUT2D eigenvalue weighted by atomic mass is 35.5. The van der Waals surface area contributed by atoms with Crippen molar-refractivity contribution < 1.29 is 19.1 Å². The molecule has 3 aromatic rings. The second-order valence-electron chi connectivity index (χ2n) is 11.8. The first-order valence-corrected chi connectivity index (χ1v) is 15.5. The number of halogens is 1. The van der Waals surface area contributed by atoms with Crippen LogP contribution in [-0.2, 0) is 19.6 Å².